The van der Waals surface area contributed by atoms with E-state index >= 15 is 0 Å². The van der Waals surface area contributed by atoms with E-state index in [1.807, 2.05) is 6.07 Å². The van der Waals surface area contributed by atoms with Crippen molar-refractivity contribution < 1.29 is 8.42 Å². The second-order valence-electron chi connectivity index (χ2n) is 3.27. The Bertz CT molecular complexity index is 549. The fraction of sp³-hybridized carbons (Fsp3) is 0.100. The van der Waals surface area contributed by atoms with Crippen molar-refractivity contribution in [1.82, 2.24) is 9.89 Å². The first kappa shape index (κ1) is 10.7. The largest absolute Gasteiger partial charge is 0.251 e. The second-order valence-corrected chi connectivity index (χ2v) is 5.08. The fourth-order valence-corrected chi connectivity index (χ4v) is 2.29. The lowest BCUT2D eigenvalue weighted by Gasteiger charge is -2.21. The van der Waals surface area contributed by atoms with Gasteiger partial charge in [0.15, 0.2) is 0 Å². The maximum absolute atomic E-state index is 11.7. The van der Waals surface area contributed by atoms with Crippen LogP contribution in [0.1, 0.15) is 0 Å². The van der Waals surface area contributed by atoms with Crippen LogP contribution >= 0.6 is 0 Å². The van der Waals surface area contributed by atoms with E-state index in [0.29, 0.717) is 5.69 Å². The first-order valence-electron chi connectivity index (χ1n) is 4.64. The van der Waals surface area contributed by atoms with Gasteiger partial charge in [0.1, 0.15) is 0 Å². The monoisotopic (exact) mass is 237 g/mol. The average molecular weight is 237 g/mol. The first-order valence-corrected chi connectivity index (χ1v) is 6.49. The third-order valence-electron chi connectivity index (χ3n) is 1.97. The van der Waals surface area contributed by atoms with Gasteiger partial charge in [-0.1, -0.05) is 18.2 Å². The van der Waals surface area contributed by atoms with Crippen LogP contribution in [-0.4, -0.2) is 24.6 Å². The highest BCUT2D eigenvalue weighted by Crippen LogP contribution is 2.16. The van der Waals surface area contributed by atoms with Gasteiger partial charge in [-0.3, -0.25) is 0 Å². The molecule has 1 aromatic heterocycles. The number of anilines is 1. The topological polar surface area (TPSA) is 55.2 Å². The van der Waals surface area contributed by atoms with Crippen LogP contribution in [0.15, 0.2) is 48.8 Å². The van der Waals surface area contributed by atoms with Crippen LogP contribution in [0.5, 0.6) is 0 Å². The molecule has 0 spiro atoms. The van der Waals surface area contributed by atoms with Gasteiger partial charge in [0, 0.05) is 0 Å². The van der Waals surface area contributed by atoms with E-state index in [1.165, 1.54) is 11.0 Å². The molecule has 0 fully saturated rings. The molecule has 16 heavy (non-hydrogen) atoms. The van der Waals surface area contributed by atoms with Crippen LogP contribution in [0.3, 0.4) is 0 Å². The smallest absolute Gasteiger partial charge is 0.205 e. The van der Waals surface area contributed by atoms with Gasteiger partial charge in [0.25, 0.3) is 10.0 Å². The van der Waals surface area contributed by atoms with Gasteiger partial charge in [0.2, 0.25) is 0 Å². The van der Waals surface area contributed by atoms with E-state index in [4.69, 9.17) is 0 Å². The van der Waals surface area contributed by atoms with E-state index in [-0.39, 0.29) is 0 Å². The molecule has 5 nitrogen and oxygen atoms in total. The van der Waals surface area contributed by atoms with Crippen molar-refractivity contribution >= 4 is 15.7 Å². The van der Waals surface area contributed by atoms with Gasteiger partial charge in [-0.05, 0) is 18.2 Å². The van der Waals surface area contributed by atoms with Gasteiger partial charge in [0.05, 0.1) is 24.3 Å². The Morgan fingerprint density at radius 2 is 1.88 bits per heavy atom. The molecule has 84 valence electrons. The number of sulfonamides is 1. The number of para-hydroxylation sites is 1. The molecule has 1 aromatic carbocycles. The van der Waals surface area contributed by atoms with E-state index in [2.05, 4.69) is 5.10 Å². The zero-order valence-electron chi connectivity index (χ0n) is 8.69. The molecule has 6 heteroatoms. The minimum atomic E-state index is -3.41. The predicted octanol–water partition coefficient (Wildman–Crippen LogP) is 1.11. The average Bonchev–Trinajstić information content (AvgIpc) is 2.71. The molecule has 1 heterocycles. The number of benzene rings is 1. The lowest BCUT2D eigenvalue weighted by molar-refractivity contribution is 0.581. The molecular weight excluding hydrogens is 226 g/mol. The van der Waals surface area contributed by atoms with Crippen LogP contribution in [0.2, 0.25) is 0 Å². The summed E-state index contributed by atoms with van der Waals surface area (Å²) in [6.45, 7) is 0. The summed E-state index contributed by atoms with van der Waals surface area (Å²) in [5.41, 5.74) is 0.550. The highest BCUT2D eigenvalue weighted by atomic mass is 32.2. The molecule has 2 aromatic rings. The standard InChI is InChI=1S/C10H11N3O2S/c1-16(14,15)13(12-9-5-8-11-12)10-6-3-2-4-7-10/h2-9H,1H3. The molecule has 0 N–H and O–H groups in total. The van der Waals surface area contributed by atoms with Crippen molar-refractivity contribution in [3.8, 4) is 0 Å². The molecule has 0 aliphatic rings. The zero-order chi connectivity index (χ0) is 11.6. The van der Waals surface area contributed by atoms with Gasteiger partial charge >= 0.3 is 0 Å². The number of aromatic nitrogens is 2. The summed E-state index contributed by atoms with van der Waals surface area (Å²) in [5, 5.41) is 3.92. The van der Waals surface area contributed by atoms with Crippen molar-refractivity contribution in [3.05, 3.63) is 48.8 Å². The molecule has 0 aliphatic heterocycles. The van der Waals surface area contributed by atoms with Crippen molar-refractivity contribution in [2.75, 3.05) is 10.7 Å². The third-order valence-corrected chi connectivity index (χ3v) is 2.97. The number of hydrogen-bond donors (Lipinski definition) is 0. The minimum absolute atomic E-state index is 0.550. The van der Waals surface area contributed by atoms with Crippen LogP contribution < -0.4 is 4.41 Å². The minimum Gasteiger partial charge on any atom is -0.205 e. The zero-order valence-corrected chi connectivity index (χ0v) is 9.50. The Labute approximate surface area is 94.0 Å². The molecular formula is C10H11N3O2S. The molecule has 0 amide bonds. The van der Waals surface area contributed by atoms with Crippen LogP contribution in [0, 0.1) is 0 Å². The molecule has 0 atom stereocenters. The van der Waals surface area contributed by atoms with Crippen molar-refractivity contribution in [2.24, 2.45) is 0 Å². The third kappa shape index (κ3) is 2.06. The number of hydrogen-bond acceptors (Lipinski definition) is 3. The van der Waals surface area contributed by atoms with E-state index < -0.39 is 10.0 Å². The van der Waals surface area contributed by atoms with E-state index in [9.17, 15) is 8.42 Å². The first-order chi connectivity index (χ1) is 7.59. The quantitative estimate of drug-likeness (QED) is 0.803. The molecule has 0 radical (unpaired) electrons. The van der Waals surface area contributed by atoms with Crippen molar-refractivity contribution in [1.29, 1.82) is 0 Å². The van der Waals surface area contributed by atoms with Crippen LogP contribution in [0.4, 0.5) is 5.69 Å². The highest BCUT2D eigenvalue weighted by Gasteiger charge is 2.19. The van der Waals surface area contributed by atoms with Crippen LogP contribution in [-0.2, 0) is 10.0 Å². The highest BCUT2D eigenvalue weighted by molar-refractivity contribution is 7.92. The van der Waals surface area contributed by atoms with Crippen molar-refractivity contribution in [3.63, 3.8) is 0 Å². The summed E-state index contributed by atoms with van der Waals surface area (Å²) < 4.78 is 24.5. The molecule has 0 aliphatic carbocycles. The van der Waals surface area contributed by atoms with Gasteiger partial charge < -0.3 is 0 Å². The molecule has 0 saturated carbocycles. The number of rotatable bonds is 3. The van der Waals surface area contributed by atoms with E-state index in [1.54, 1.807) is 36.5 Å². The normalized spacial score (nSPS) is 11.3. The Morgan fingerprint density at radius 1 is 1.19 bits per heavy atom. The lowest BCUT2D eigenvalue weighted by Crippen LogP contribution is -2.35. The maximum Gasteiger partial charge on any atom is 0.251 e. The summed E-state index contributed by atoms with van der Waals surface area (Å²) in [5.74, 6) is 0. The second kappa shape index (κ2) is 3.97. The molecule has 0 saturated heterocycles. The summed E-state index contributed by atoms with van der Waals surface area (Å²) in [6, 6.07) is 10.5. The molecule has 0 unspecified atom stereocenters. The lowest BCUT2D eigenvalue weighted by atomic mass is 10.3. The Kier molecular flexibility index (Phi) is 2.66. The SMILES string of the molecule is CS(=O)(=O)N(c1ccccc1)n1cccn1. The Morgan fingerprint density at radius 3 is 2.38 bits per heavy atom. The summed E-state index contributed by atoms with van der Waals surface area (Å²) in [6.07, 6.45) is 4.25. The van der Waals surface area contributed by atoms with Crippen LogP contribution in [0.25, 0.3) is 0 Å². The van der Waals surface area contributed by atoms with Gasteiger partial charge in [-0.25, -0.2) is 8.42 Å². The predicted molar refractivity (Wildman–Crippen MR) is 61.4 cm³/mol. The summed E-state index contributed by atoms with van der Waals surface area (Å²) >= 11 is 0. The Hall–Kier alpha value is -1.82. The maximum atomic E-state index is 11.7. The summed E-state index contributed by atoms with van der Waals surface area (Å²) in [4.78, 5) is 1.28. The number of nitrogens with zero attached hydrogens (tertiary/aromatic N) is 3. The molecule has 2 rings (SSSR count). The van der Waals surface area contributed by atoms with Crippen molar-refractivity contribution in [2.45, 2.75) is 0 Å². The van der Waals surface area contributed by atoms with E-state index in [0.717, 1.165) is 10.7 Å². The van der Waals surface area contributed by atoms with Gasteiger partial charge in [-0.2, -0.15) is 14.3 Å². The summed E-state index contributed by atoms with van der Waals surface area (Å²) in [7, 11) is -3.41. The Balaban J connectivity index is 2.54. The molecule has 0 bridgehead atoms. The fourth-order valence-electron chi connectivity index (χ4n) is 1.39. The van der Waals surface area contributed by atoms with Gasteiger partial charge in [-0.15, -0.1) is 0 Å².